The lowest BCUT2D eigenvalue weighted by Gasteiger charge is -2.41. The molecule has 0 aromatic rings. The molecule has 0 amide bonds. The van der Waals surface area contributed by atoms with E-state index in [0.717, 1.165) is 44.4 Å². The van der Waals surface area contributed by atoms with Gasteiger partial charge in [0.05, 0.1) is 5.41 Å². The zero-order valence-electron chi connectivity index (χ0n) is 11.1. The Balaban J connectivity index is 2.12. The molecule has 2 heteroatoms. The summed E-state index contributed by atoms with van der Waals surface area (Å²) >= 11 is 0. The van der Waals surface area contributed by atoms with Crippen LogP contribution in [-0.2, 0) is 4.79 Å². The smallest absolute Gasteiger partial charge is 0.309 e. The van der Waals surface area contributed by atoms with Gasteiger partial charge in [-0.2, -0.15) is 0 Å². The van der Waals surface area contributed by atoms with E-state index in [2.05, 4.69) is 6.92 Å². The summed E-state index contributed by atoms with van der Waals surface area (Å²) in [5.41, 5.74) is -0.364. The molecule has 0 spiro atoms. The second kappa shape index (κ2) is 5.41. The van der Waals surface area contributed by atoms with Gasteiger partial charge in [-0.25, -0.2) is 0 Å². The largest absolute Gasteiger partial charge is 0.481 e. The molecule has 0 radical (unpaired) electrons. The third-order valence-electron chi connectivity index (χ3n) is 5.23. The van der Waals surface area contributed by atoms with Crippen LogP contribution in [0.2, 0.25) is 0 Å². The fraction of sp³-hybridized carbons (Fsp3) is 0.933. The lowest BCUT2D eigenvalue weighted by molar-refractivity contribution is -0.156. The Hall–Kier alpha value is -0.530. The molecule has 98 valence electrons. The summed E-state index contributed by atoms with van der Waals surface area (Å²) in [6, 6.07) is 0. The van der Waals surface area contributed by atoms with Gasteiger partial charge in [-0.1, -0.05) is 32.6 Å². The van der Waals surface area contributed by atoms with Gasteiger partial charge < -0.3 is 5.11 Å². The van der Waals surface area contributed by atoms with Gasteiger partial charge in [0.25, 0.3) is 0 Å². The minimum absolute atomic E-state index is 0.364. The second-order valence-corrected chi connectivity index (χ2v) is 6.33. The zero-order valence-corrected chi connectivity index (χ0v) is 11.1. The van der Waals surface area contributed by atoms with Crippen molar-refractivity contribution < 1.29 is 9.90 Å². The molecule has 2 rings (SSSR count). The second-order valence-electron chi connectivity index (χ2n) is 6.33. The minimum Gasteiger partial charge on any atom is -0.481 e. The Kier molecular flexibility index (Phi) is 4.11. The number of rotatable bonds is 2. The number of carboxylic acids is 1. The molecule has 0 aromatic carbocycles. The van der Waals surface area contributed by atoms with Gasteiger partial charge in [-0.05, 0) is 50.4 Å². The first kappa shape index (κ1) is 12.9. The van der Waals surface area contributed by atoms with E-state index in [-0.39, 0.29) is 5.41 Å². The van der Waals surface area contributed by atoms with Crippen molar-refractivity contribution in [1.29, 1.82) is 0 Å². The van der Waals surface area contributed by atoms with Crippen LogP contribution in [0.25, 0.3) is 0 Å². The molecule has 2 nitrogen and oxygen atoms in total. The Bertz CT molecular complexity index is 256. The van der Waals surface area contributed by atoms with Crippen LogP contribution in [0.3, 0.4) is 0 Å². The SMILES string of the molecule is CC1CCC(C(=O)O)(C2CCCCCC2)CC1. The Morgan fingerprint density at radius 1 is 1.00 bits per heavy atom. The van der Waals surface area contributed by atoms with Gasteiger partial charge in [-0.15, -0.1) is 0 Å². The van der Waals surface area contributed by atoms with Crippen molar-refractivity contribution in [3.8, 4) is 0 Å². The Morgan fingerprint density at radius 3 is 2.00 bits per heavy atom. The zero-order chi connectivity index (χ0) is 12.3. The highest BCUT2D eigenvalue weighted by atomic mass is 16.4. The standard InChI is InChI=1S/C15H26O2/c1-12-8-10-15(11-9-12,14(16)17)13-6-4-2-3-5-7-13/h12-13H,2-11H2,1H3,(H,16,17). The van der Waals surface area contributed by atoms with Crippen molar-refractivity contribution >= 4 is 5.97 Å². The molecule has 0 aromatic heterocycles. The molecule has 1 N–H and O–H groups in total. The summed E-state index contributed by atoms with van der Waals surface area (Å²) in [6.45, 7) is 2.26. The molecule has 0 unspecified atom stereocenters. The number of hydrogen-bond acceptors (Lipinski definition) is 1. The first-order valence-corrected chi connectivity index (χ1v) is 7.38. The molecular weight excluding hydrogens is 212 g/mol. The van der Waals surface area contributed by atoms with Crippen LogP contribution in [0.15, 0.2) is 0 Å². The average molecular weight is 238 g/mol. The fourth-order valence-corrected chi connectivity index (χ4v) is 3.91. The molecular formula is C15H26O2. The highest BCUT2D eigenvalue weighted by molar-refractivity contribution is 5.75. The summed E-state index contributed by atoms with van der Waals surface area (Å²) in [5, 5.41) is 9.72. The van der Waals surface area contributed by atoms with Gasteiger partial charge in [-0.3, -0.25) is 4.79 Å². The van der Waals surface area contributed by atoms with E-state index < -0.39 is 5.97 Å². The van der Waals surface area contributed by atoms with Crippen molar-refractivity contribution in [2.75, 3.05) is 0 Å². The number of hydrogen-bond donors (Lipinski definition) is 1. The minimum atomic E-state index is -0.503. The van der Waals surface area contributed by atoms with Crippen LogP contribution in [0, 0.1) is 17.3 Å². The van der Waals surface area contributed by atoms with Gasteiger partial charge in [0.15, 0.2) is 0 Å². The number of carboxylic acid groups (broad SMARTS) is 1. The van der Waals surface area contributed by atoms with Crippen LogP contribution >= 0.6 is 0 Å². The highest BCUT2D eigenvalue weighted by Crippen LogP contribution is 2.49. The molecule has 17 heavy (non-hydrogen) atoms. The molecule has 2 aliphatic rings. The van der Waals surface area contributed by atoms with E-state index in [1.54, 1.807) is 0 Å². The van der Waals surface area contributed by atoms with E-state index in [9.17, 15) is 9.90 Å². The maximum absolute atomic E-state index is 11.8. The molecule has 2 aliphatic carbocycles. The van der Waals surface area contributed by atoms with E-state index >= 15 is 0 Å². The Labute approximate surface area is 105 Å². The third kappa shape index (κ3) is 2.66. The lowest BCUT2D eigenvalue weighted by atomic mass is 9.62. The van der Waals surface area contributed by atoms with Crippen LogP contribution in [0.1, 0.15) is 71.1 Å². The summed E-state index contributed by atoms with van der Waals surface area (Å²) < 4.78 is 0. The van der Waals surface area contributed by atoms with E-state index in [1.807, 2.05) is 0 Å². The number of aliphatic carboxylic acids is 1. The van der Waals surface area contributed by atoms with Gasteiger partial charge in [0.2, 0.25) is 0 Å². The molecule has 0 bridgehead atoms. The normalized spacial score (nSPS) is 36.4. The molecule has 2 saturated carbocycles. The Morgan fingerprint density at radius 2 is 1.53 bits per heavy atom. The van der Waals surface area contributed by atoms with Crippen molar-refractivity contribution in [3.05, 3.63) is 0 Å². The average Bonchev–Trinajstić information content (AvgIpc) is 2.59. The lowest BCUT2D eigenvalue weighted by Crippen LogP contribution is -2.41. The van der Waals surface area contributed by atoms with E-state index in [1.165, 1.54) is 25.7 Å². The maximum atomic E-state index is 11.8. The van der Waals surface area contributed by atoms with E-state index in [0.29, 0.717) is 5.92 Å². The van der Waals surface area contributed by atoms with Crippen molar-refractivity contribution in [3.63, 3.8) is 0 Å². The molecule has 0 saturated heterocycles. The van der Waals surface area contributed by atoms with Crippen molar-refractivity contribution in [1.82, 2.24) is 0 Å². The molecule has 2 fully saturated rings. The van der Waals surface area contributed by atoms with Crippen LogP contribution in [0.5, 0.6) is 0 Å². The molecule has 0 heterocycles. The molecule has 0 aliphatic heterocycles. The predicted molar refractivity (Wildman–Crippen MR) is 68.9 cm³/mol. The van der Waals surface area contributed by atoms with Crippen LogP contribution < -0.4 is 0 Å². The fourth-order valence-electron chi connectivity index (χ4n) is 3.91. The van der Waals surface area contributed by atoms with Gasteiger partial charge in [0, 0.05) is 0 Å². The summed E-state index contributed by atoms with van der Waals surface area (Å²) in [4.78, 5) is 11.8. The van der Waals surface area contributed by atoms with Crippen LogP contribution in [-0.4, -0.2) is 11.1 Å². The summed E-state index contributed by atoms with van der Waals surface area (Å²) in [6.07, 6.45) is 11.5. The van der Waals surface area contributed by atoms with Gasteiger partial charge >= 0.3 is 5.97 Å². The highest BCUT2D eigenvalue weighted by Gasteiger charge is 2.46. The van der Waals surface area contributed by atoms with Gasteiger partial charge in [0.1, 0.15) is 0 Å². The summed E-state index contributed by atoms with van der Waals surface area (Å²) in [5.74, 6) is 0.680. The monoisotopic (exact) mass is 238 g/mol. The summed E-state index contributed by atoms with van der Waals surface area (Å²) in [7, 11) is 0. The topological polar surface area (TPSA) is 37.3 Å². The predicted octanol–water partition coefficient (Wildman–Crippen LogP) is 4.24. The van der Waals surface area contributed by atoms with Crippen molar-refractivity contribution in [2.45, 2.75) is 71.1 Å². The van der Waals surface area contributed by atoms with E-state index in [4.69, 9.17) is 0 Å². The third-order valence-corrected chi connectivity index (χ3v) is 5.23. The van der Waals surface area contributed by atoms with Crippen LogP contribution in [0.4, 0.5) is 0 Å². The number of carbonyl (C=O) groups is 1. The van der Waals surface area contributed by atoms with Crippen molar-refractivity contribution in [2.24, 2.45) is 17.3 Å². The first-order valence-electron chi connectivity index (χ1n) is 7.38. The molecule has 0 atom stereocenters. The quantitative estimate of drug-likeness (QED) is 0.731. The maximum Gasteiger partial charge on any atom is 0.309 e. The first-order chi connectivity index (χ1) is 8.15.